The van der Waals surface area contributed by atoms with E-state index in [0.717, 1.165) is 12.2 Å². The van der Waals surface area contributed by atoms with Gasteiger partial charge in [0.1, 0.15) is 17.1 Å². The molecular weight excluding hydrogens is 238 g/mol. The van der Waals surface area contributed by atoms with Crippen molar-refractivity contribution in [2.45, 2.75) is 6.61 Å². The topological polar surface area (TPSA) is 42.9 Å². The first-order valence-electron chi connectivity index (χ1n) is 4.37. The highest BCUT2D eigenvalue weighted by Gasteiger charge is 2.23. The summed E-state index contributed by atoms with van der Waals surface area (Å²) in [5.41, 5.74) is 0.407. The molecule has 1 aliphatic heterocycles. The van der Waals surface area contributed by atoms with E-state index in [4.69, 9.17) is 4.18 Å². The Kier molecular flexibility index (Phi) is 3.14. The maximum absolute atomic E-state index is 12.2. The standard InChI is InChI=1S/C9H8F2N2O2S/c1-12-8-7-5(14-9(10)11)3-2-4-6(7)15-16-13-8/h2-4,9H,1H3,(H,12,13). The molecule has 0 aromatic heterocycles. The fourth-order valence-electron chi connectivity index (χ4n) is 1.32. The molecular formula is C9H8F2N2O2S. The Labute approximate surface area is 95.0 Å². The Morgan fingerprint density at radius 2 is 2.31 bits per heavy atom. The van der Waals surface area contributed by atoms with Crippen molar-refractivity contribution in [3.8, 4) is 11.5 Å². The molecule has 7 heteroatoms. The molecule has 0 atom stereocenters. The van der Waals surface area contributed by atoms with Gasteiger partial charge in [0.25, 0.3) is 0 Å². The van der Waals surface area contributed by atoms with Gasteiger partial charge in [-0.1, -0.05) is 6.07 Å². The van der Waals surface area contributed by atoms with Crippen molar-refractivity contribution in [2.75, 3.05) is 7.05 Å². The number of aliphatic imine (C=N–C) groups is 1. The molecule has 0 radical (unpaired) electrons. The van der Waals surface area contributed by atoms with Crippen LogP contribution in [0, 0.1) is 0 Å². The van der Waals surface area contributed by atoms with E-state index < -0.39 is 6.61 Å². The van der Waals surface area contributed by atoms with Gasteiger partial charge in [-0.25, -0.2) is 0 Å². The molecule has 0 fully saturated rings. The molecule has 0 saturated heterocycles. The van der Waals surface area contributed by atoms with Crippen molar-refractivity contribution in [3.63, 3.8) is 0 Å². The van der Waals surface area contributed by atoms with Crippen LogP contribution < -0.4 is 13.6 Å². The van der Waals surface area contributed by atoms with E-state index >= 15 is 0 Å². The number of halogens is 2. The van der Waals surface area contributed by atoms with E-state index in [1.807, 2.05) is 0 Å². The van der Waals surface area contributed by atoms with Crippen LogP contribution in [0.5, 0.6) is 11.5 Å². The average molecular weight is 246 g/mol. The van der Waals surface area contributed by atoms with Gasteiger partial charge < -0.3 is 8.92 Å². The molecule has 4 nitrogen and oxygen atoms in total. The van der Waals surface area contributed by atoms with Crippen LogP contribution in [0.1, 0.15) is 5.56 Å². The zero-order valence-electron chi connectivity index (χ0n) is 8.24. The van der Waals surface area contributed by atoms with Crippen LogP contribution in [0.25, 0.3) is 0 Å². The Morgan fingerprint density at radius 3 is 3.00 bits per heavy atom. The van der Waals surface area contributed by atoms with Crippen molar-refractivity contribution in [1.29, 1.82) is 0 Å². The first-order chi connectivity index (χ1) is 7.72. The number of ether oxygens (including phenoxy) is 1. The maximum Gasteiger partial charge on any atom is 0.387 e. The van der Waals surface area contributed by atoms with Crippen LogP contribution in [0.3, 0.4) is 0 Å². The molecule has 0 amide bonds. The van der Waals surface area contributed by atoms with Crippen LogP contribution in [-0.2, 0) is 0 Å². The second kappa shape index (κ2) is 4.56. The Balaban J connectivity index is 2.46. The summed E-state index contributed by atoms with van der Waals surface area (Å²) in [6.45, 7) is -2.88. The summed E-state index contributed by atoms with van der Waals surface area (Å²) >= 11 is 0.974. The highest BCUT2D eigenvalue weighted by molar-refractivity contribution is 7.93. The lowest BCUT2D eigenvalue weighted by Gasteiger charge is -2.20. The minimum absolute atomic E-state index is 0.0425. The molecule has 0 saturated carbocycles. The molecule has 1 aromatic rings. The van der Waals surface area contributed by atoms with Crippen molar-refractivity contribution >= 4 is 18.1 Å². The van der Waals surface area contributed by atoms with Gasteiger partial charge in [0, 0.05) is 7.05 Å². The largest absolute Gasteiger partial charge is 0.434 e. The van der Waals surface area contributed by atoms with Crippen molar-refractivity contribution in [1.82, 2.24) is 4.72 Å². The average Bonchev–Trinajstić information content (AvgIpc) is 2.28. The third kappa shape index (κ3) is 2.04. The van der Waals surface area contributed by atoms with E-state index in [0.29, 0.717) is 17.1 Å². The zero-order chi connectivity index (χ0) is 11.5. The van der Waals surface area contributed by atoms with Crippen molar-refractivity contribution < 1.29 is 17.7 Å². The quantitative estimate of drug-likeness (QED) is 0.641. The summed E-state index contributed by atoms with van der Waals surface area (Å²) in [7, 11) is 1.55. The first-order valence-corrected chi connectivity index (χ1v) is 5.11. The second-order valence-corrected chi connectivity index (χ2v) is 3.39. The third-order valence-corrected chi connectivity index (χ3v) is 2.47. The number of nitrogens with zero attached hydrogens (tertiary/aromatic N) is 1. The SMILES string of the molecule is CN=C1NSOc2cccc(OC(F)F)c21. The smallest absolute Gasteiger partial charge is 0.387 e. The second-order valence-electron chi connectivity index (χ2n) is 2.85. The molecule has 1 N–H and O–H groups in total. The zero-order valence-corrected chi connectivity index (χ0v) is 9.05. The number of hydrogen-bond acceptors (Lipinski definition) is 4. The molecule has 0 aliphatic carbocycles. The fraction of sp³-hybridized carbons (Fsp3) is 0.222. The van der Waals surface area contributed by atoms with E-state index in [9.17, 15) is 8.78 Å². The number of amidine groups is 1. The Hall–Kier alpha value is -1.50. The lowest BCUT2D eigenvalue weighted by molar-refractivity contribution is -0.0500. The van der Waals surface area contributed by atoms with Gasteiger partial charge in [0.15, 0.2) is 18.0 Å². The summed E-state index contributed by atoms with van der Waals surface area (Å²) in [5, 5.41) is 0. The number of nitrogens with one attached hydrogen (secondary N) is 1. The monoisotopic (exact) mass is 246 g/mol. The normalized spacial score (nSPS) is 16.6. The van der Waals surface area contributed by atoms with Crippen LogP contribution >= 0.6 is 12.2 Å². The predicted molar refractivity (Wildman–Crippen MR) is 56.9 cm³/mol. The van der Waals surface area contributed by atoms with Crippen LogP contribution in [0.4, 0.5) is 8.78 Å². The minimum atomic E-state index is -2.88. The molecule has 1 aliphatic rings. The van der Waals surface area contributed by atoms with Crippen molar-refractivity contribution in [2.24, 2.45) is 4.99 Å². The number of rotatable bonds is 2. The van der Waals surface area contributed by atoms with Gasteiger partial charge >= 0.3 is 6.61 Å². The first kappa shape index (κ1) is 11.0. The summed E-state index contributed by atoms with van der Waals surface area (Å²) in [6.07, 6.45) is 0. The van der Waals surface area contributed by atoms with Gasteiger partial charge in [-0.15, -0.1) is 0 Å². The Morgan fingerprint density at radius 1 is 1.50 bits per heavy atom. The molecule has 16 heavy (non-hydrogen) atoms. The van der Waals surface area contributed by atoms with E-state index in [-0.39, 0.29) is 5.75 Å². The molecule has 0 unspecified atom stereocenters. The summed E-state index contributed by atoms with van der Waals surface area (Å²) in [6, 6.07) is 4.68. The third-order valence-electron chi connectivity index (χ3n) is 1.93. The van der Waals surface area contributed by atoms with Gasteiger partial charge in [0.05, 0.1) is 0 Å². The van der Waals surface area contributed by atoms with Gasteiger partial charge in [-0.2, -0.15) is 8.78 Å². The number of hydrogen-bond donors (Lipinski definition) is 1. The Bertz CT molecular complexity index is 426. The van der Waals surface area contributed by atoms with Crippen LogP contribution in [0.2, 0.25) is 0 Å². The molecule has 2 rings (SSSR count). The molecule has 1 aromatic carbocycles. The summed E-state index contributed by atoms with van der Waals surface area (Å²) in [5.74, 6) is 0.936. The summed E-state index contributed by atoms with van der Waals surface area (Å²) < 4.78 is 36.7. The van der Waals surface area contributed by atoms with Gasteiger partial charge in [0.2, 0.25) is 0 Å². The molecule has 86 valence electrons. The van der Waals surface area contributed by atoms with E-state index in [1.54, 1.807) is 19.2 Å². The summed E-state index contributed by atoms with van der Waals surface area (Å²) in [4.78, 5) is 3.94. The van der Waals surface area contributed by atoms with E-state index in [2.05, 4.69) is 14.5 Å². The lowest BCUT2D eigenvalue weighted by atomic mass is 10.1. The molecule has 1 heterocycles. The van der Waals surface area contributed by atoms with Crippen LogP contribution in [0.15, 0.2) is 23.2 Å². The predicted octanol–water partition coefficient (Wildman–Crippen LogP) is 2.21. The van der Waals surface area contributed by atoms with Gasteiger partial charge in [-0.05, 0) is 12.1 Å². The van der Waals surface area contributed by atoms with E-state index in [1.165, 1.54) is 6.07 Å². The fourth-order valence-corrected chi connectivity index (χ4v) is 1.86. The highest BCUT2D eigenvalue weighted by atomic mass is 32.2. The molecule has 0 spiro atoms. The lowest BCUT2D eigenvalue weighted by Crippen LogP contribution is -2.25. The number of fused-ring (bicyclic) bond motifs is 1. The number of alkyl halides is 2. The van der Waals surface area contributed by atoms with Gasteiger partial charge in [-0.3, -0.25) is 9.71 Å². The maximum atomic E-state index is 12.2. The number of benzene rings is 1. The van der Waals surface area contributed by atoms with Crippen LogP contribution in [-0.4, -0.2) is 19.5 Å². The highest BCUT2D eigenvalue weighted by Crippen LogP contribution is 2.34. The molecule has 0 bridgehead atoms. The minimum Gasteiger partial charge on any atom is -0.434 e. The van der Waals surface area contributed by atoms with Crippen molar-refractivity contribution in [3.05, 3.63) is 23.8 Å².